The Morgan fingerprint density at radius 2 is 1.76 bits per heavy atom. The Balaban J connectivity index is 1.77. The highest BCUT2D eigenvalue weighted by atomic mass is 79.9. The van der Waals surface area contributed by atoms with Crippen LogP contribution in [-0.4, -0.2) is 11.1 Å². The molecule has 0 saturated heterocycles. The normalized spacial score (nSPS) is 15.6. The summed E-state index contributed by atoms with van der Waals surface area (Å²) in [7, 11) is 0. The van der Waals surface area contributed by atoms with E-state index in [0.717, 1.165) is 24.5 Å². The number of ether oxygens (including phenoxy) is 1. The van der Waals surface area contributed by atoms with E-state index in [2.05, 4.69) is 52.8 Å². The van der Waals surface area contributed by atoms with E-state index < -0.39 is 0 Å². The molecule has 0 saturated carbocycles. The van der Waals surface area contributed by atoms with E-state index in [-0.39, 0.29) is 11.1 Å². The maximum Gasteiger partial charge on any atom is 0.286 e. The fourth-order valence-electron chi connectivity index (χ4n) is 2.11. The van der Waals surface area contributed by atoms with Crippen molar-refractivity contribution in [3.8, 4) is 5.75 Å². The number of amidine groups is 1. The van der Waals surface area contributed by atoms with Crippen molar-refractivity contribution in [2.75, 3.05) is 0 Å². The van der Waals surface area contributed by atoms with Gasteiger partial charge in [0.1, 0.15) is 12.4 Å². The van der Waals surface area contributed by atoms with Crippen molar-refractivity contribution in [3.63, 3.8) is 0 Å². The Bertz CT molecular complexity index is 872. The molecule has 0 unspecified atom stereocenters. The smallest absolute Gasteiger partial charge is 0.286 e. The lowest BCUT2D eigenvalue weighted by molar-refractivity contribution is -0.113. The first kappa shape index (κ1) is 18.7. The Labute approximate surface area is 174 Å². The van der Waals surface area contributed by atoms with Crippen molar-refractivity contribution in [2.24, 2.45) is 10.7 Å². The molecule has 0 radical (unpaired) electrons. The zero-order valence-electron chi connectivity index (χ0n) is 12.6. The number of carbonyl (C=O) groups is 1. The number of thioether (sulfide) groups is 1. The van der Waals surface area contributed by atoms with Gasteiger partial charge in [-0.15, -0.1) is 0 Å². The monoisotopic (exact) mass is 544 g/mol. The summed E-state index contributed by atoms with van der Waals surface area (Å²) in [6.45, 7) is 0.448. The molecule has 0 bridgehead atoms. The van der Waals surface area contributed by atoms with E-state index in [4.69, 9.17) is 10.5 Å². The number of benzene rings is 2. The number of hydrogen-bond donors (Lipinski definition) is 1. The molecule has 128 valence electrons. The van der Waals surface area contributed by atoms with Crippen molar-refractivity contribution in [1.29, 1.82) is 0 Å². The molecular formula is C17H11Br3N2O2S. The number of hydrogen-bond acceptors (Lipinski definition) is 4. The highest BCUT2D eigenvalue weighted by Gasteiger charge is 2.20. The molecule has 8 heteroatoms. The minimum Gasteiger partial charge on any atom is -0.487 e. The minimum absolute atomic E-state index is 0.267. The topological polar surface area (TPSA) is 64.7 Å². The predicted octanol–water partition coefficient (Wildman–Crippen LogP) is 5.48. The first-order chi connectivity index (χ1) is 11.9. The summed E-state index contributed by atoms with van der Waals surface area (Å²) < 4.78 is 8.51. The van der Waals surface area contributed by atoms with Crippen LogP contribution in [0, 0.1) is 0 Å². The standard InChI is InChI=1S/C17H11Br3N2O2S/c18-11-3-1-9(2-4-11)8-24-15-12(19)5-10(6-13(15)20)7-14-16(23)22-17(21)25-14/h1-7H,8H2,(H2,21,22,23). The van der Waals surface area contributed by atoms with Gasteiger partial charge in [0, 0.05) is 4.47 Å². The van der Waals surface area contributed by atoms with Crippen molar-refractivity contribution in [3.05, 3.63) is 65.8 Å². The fourth-order valence-corrected chi connectivity index (χ4v) is 4.51. The Morgan fingerprint density at radius 3 is 2.32 bits per heavy atom. The molecule has 1 amide bonds. The lowest BCUT2D eigenvalue weighted by atomic mass is 10.2. The first-order valence-corrected chi connectivity index (χ1v) is 10.3. The van der Waals surface area contributed by atoms with Crippen molar-refractivity contribution < 1.29 is 9.53 Å². The second kappa shape index (κ2) is 8.07. The van der Waals surface area contributed by atoms with Crippen LogP contribution in [-0.2, 0) is 11.4 Å². The third-order valence-corrected chi connectivity index (χ3v) is 5.77. The van der Waals surface area contributed by atoms with E-state index in [9.17, 15) is 4.79 Å². The van der Waals surface area contributed by atoms with E-state index >= 15 is 0 Å². The van der Waals surface area contributed by atoms with Crippen molar-refractivity contribution >= 4 is 76.7 Å². The fraction of sp³-hybridized carbons (Fsp3) is 0.0588. The molecule has 1 heterocycles. The average molecular weight is 547 g/mol. The summed E-state index contributed by atoms with van der Waals surface area (Å²) in [4.78, 5) is 15.9. The van der Waals surface area contributed by atoms with Crippen LogP contribution < -0.4 is 10.5 Å². The molecular weight excluding hydrogens is 536 g/mol. The van der Waals surface area contributed by atoms with Crippen molar-refractivity contribution in [1.82, 2.24) is 0 Å². The second-order valence-corrected chi connectivity index (χ2v) is 8.78. The molecule has 1 aliphatic heterocycles. The van der Waals surface area contributed by atoms with Crippen LogP contribution in [0.4, 0.5) is 0 Å². The largest absolute Gasteiger partial charge is 0.487 e. The lowest BCUT2D eigenvalue weighted by Crippen LogP contribution is -2.01. The van der Waals surface area contributed by atoms with E-state index in [1.165, 1.54) is 11.8 Å². The van der Waals surface area contributed by atoms with Crippen LogP contribution >= 0.6 is 59.6 Å². The maximum atomic E-state index is 11.7. The molecule has 3 rings (SSSR count). The van der Waals surface area contributed by atoms with Crippen LogP contribution in [0.3, 0.4) is 0 Å². The molecule has 4 nitrogen and oxygen atoms in total. The van der Waals surface area contributed by atoms with Crippen LogP contribution in [0.15, 0.2) is 59.7 Å². The molecule has 2 aromatic rings. The van der Waals surface area contributed by atoms with Gasteiger partial charge in [0.05, 0.1) is 13.9 Å². The van der Waals surface area contributed by atoms with Gasteiger partial charge in [-0.3, -0.25) is 4.79 Å². The van der Waals surface area contributed by atoms with Gasteiger partial charge < -0.3 is 10.5 Å². The van der Waals surface area contributed by atoms with Crippen molar-refractivity contribution in [2.45, 2.75) is 6.61 Å². The summed E-state index contributed by atoms with van der Waals surface area (Å²) in [6.07, 6.45) is 1.75. The highest BCUT2D eigenvalue weighted by molar-refractivity contribution is 9.11. The van der Waals surface area contributed by atoms with E-state index in [0.29, 0.717) is 17.3 Å². The quantitative estimate of drug-likeness (QED) is 0.516. The number of nitrogens with zero attached hydrogens (tertiary/aromatic N) is 1. The SMILES string of the molecule is NC1=NC(=O)C(=Cc2cc(Br)c(OCc3ccc(Br)cc3)c(Br)c2)S1. The number of amides is 1. The van der Waals surface area contributed by atoms with Crippen LogP contribution in [0.25, 0.3) is 6.08 Å². The van der Waals surface area contributed by atoms with E-state index in [1.807, 2.05) is 36.4 Å². The Hall–Kier alpha value is -1.09. The number of halogens is 3. The molecule has 1 aliphatic rings. The van der Waals surface area contributed by atoms with Crippen LogP contribution in [0.1, 0.15) is 11.1 Å². The average Bonchev–Trinajstić information content (AvgIpc) is 2.86. The lowest BCUT2D eigenvalue weighted by Gasteiger charge is -2.12. The third kappa shape index (κ3) is 4.75. The highest BCUT2D eigenvalue weighted by Crippen LogP contribution is 2.37. The van der Waals surface area contributed by atoms with Crippen LogP contribution in [0.2, 0.25) is 0 Å². The van der Waals surface area contributed by atoms with Gasteiger partial charge in [-0.2, -0.15) is 4.99 Å². The van der Waals surface area contributed by atoms with Gasteiger partial charge >= 0.3 is 0 Å². The minimum atomic E-state index is -0.315. The molecule has 25 heavy (non-hydrogen) atoms. The van der Waals surface area contributed by atoms with Gasteiger partial charge in [-0.25, -0.2) is 0 Å². The zero-order valence-corrected chi connectivity index (χ0v) is 18.2. The molecule has 0 aromatic heterocycles. The van der Waals surface area contributed by atoms with Gasteiger partial charge in [0.2, 0.25) is 0 Å². The molecule has 0 aliphatic carbocycles. The third-order valence-electron chi connectivity index (χ3n) is 3.25. The summed E-state index contributed by atoms with van der Waals surface area (Å²) in [5, 5.41) is 0.267. The van der Waals surface area contributed by atoms with Gasteiger partial charge in [-0.05, 0) is 85.1 Å². The molecule has 0 spiro atoms. The predicted molar refractivity (Wildman–Crippen MR) is 113 cm³/mol. The van der Waals surface area contributed by atoms with Gasteiger partial charge in [0.25, 0.3) is 5.91 Å². The van der Waals surface area contributed by atoms with Gasteiger partial charge in [0.15, 0.2) is 5.17 Å². The van der Waals surface area contributed by atoms with Crippen LogP contribution in [0.5, 0.6) is 5.75 Å². The maximum absolute atomic E-state index is 11.7. The molecule has 2 aromatic carbocycles. The number of nitrogens with two attached hydrogens (primary N) is 1. The summed E-state index contributed by atoms with van der Waals surface area (Å²) in [5.41, 5.74) is 7.47. The van der Waals surface area contributed by atoms with Gasteiger partial charge in [-0.1, -0.05) is 28.1 Å². The Kier molecular flexibility index (Phi) is 6.04. The number of rotatable bonds is 4. The zero-order chi connectivity index (χ0) is 18.0. The first-order valence-electron chi connectivity index (χ1n) is 7.06. The summed E-state index contributed by atoms with van der Waals surface area (Å²) in [5.74, 6) is 0.386. The number of carbonyl (C=O) groups excluding carboxylic acids is 1. The number of aliphatic imine (C=N–C) groups is 1. The van der Waals surface area contributed by atoms with E-state index in [1.54, 1.807) is 6.08 Å². The summed E-state index contributed by atoms with van der Waals surface area (Å²) >= 11 is 11.6. The Morgan fingerprint density at radius 1 is 1.12 bits per heavy atom. The molecule has 0 fully saturated rings. The second-order valence-electron chi connectivity index (χ2n) is 5.09. The summed E-state index contributed by atoms with van der Waals surface area (Å²) in [6, 6.07) is 11.7. The molecule has 0 atom stereocenters. The molecule has 2 N–H and O–H groups in total.